The van der Waals surface area contributed by atoms with E-state index in [0.29, 0.717) is 17.9 Å². The fraction of sp³-hybridized carbons (Fsp3) is 0.200. The van der Waals surface area contributed by atoms with E-state index in [0.717, 1.165) is 28.0 Å². The number of carboxylic acids is 2. The Morgan fingerprint density at radius 1 is 0.846 bits per heavy atom. The molecule has 8 nitrogen and oxygen atoms in total. The lowest BCUT2D eigenvalue weighted by atomic mass is 9.88. The van der Waals surface area contributed by atoms with E-state index in [1.807, 2.05) is 60.7 Å². The monoisotopic (exact) mass is 544 g/mol. The minimum absolute atomic E-state index is 0.0434. The van der Waals surface area contributed by atoms with E-state index in [1.165, 1.54) is 0 Å². The third kappa shape index (κ3) is 8.24. The van der Waals surface area contributed by atoms with Gasteiger partial charge in [-0.05, 0) is 41.7 Å². The van der Waals surface area contributed by atoms with Gasteiger partial charge in [-0.2, -0.15) is 0 Å². The first kappa shape index (κ1) is 27.5. The Morgan fingerprint density at radius 2 is 1.49 bits per heavy atom. The molecule has 0 unspecified atom stereocenters. The summed E-state index contributed by atoms with van der Waals surface area (Å²) in [6.07, 6.45) is 0.104. The Morgan fingerprint density at radius 3 is 2.13 bits per heavy atom. The normalized spacial score (nSPS) is 12.3. The van der Waals surface area contributed by atoms with Crippen LogP contribution in [-0.4, -0.2) is 39.6 Å². The van der Waals surface area contributed by atoms with Crippen LogP contribution in [0.1, 0.15) is 17.7 Å². The van der Waals surface area contributed by atoms with Crippen molar-refractivity contribution >= 4 is 34.3 Å². The van der Waals surface area contributed by atoms with Crippen LogP contribution in [0.5, 0.6) is 5.75 Å². The van der Waals surface area contributed by atoms with Crippen LogP contribution >= 0.6 is 11.3 Å². The van der Waals surface area contributed by atoms with Gasteiger partial charge in [0.05, 0.1) is 18.0 Å². The van der Waals surface area contributed by atoms with Gasteiger partial charge in [0.15, 0.2) is 5.13 Å². The summed E-state index contributed by atoms with van der Waals surface area (Å²) < 4.78 is 5.71. The van der Waals surface area contributed by atoms with Gasteiger partial charge in [0.25, 0.3) is 0 Å². The number of rotatable bonds is 13. The van der Waals surface area contributed by atoms with Gasteiger partial charge < -0.3 is 20.3 Å². The molecule has 9 heteroatoms. The number of nitrogens with one attached hydrogen (secondary N) is 1. The quantitative estimate of drug-likeness (QED) is 0.206. The molecule has 39 heavy (non-hydrogen) atoms. The number of thiazole rings is 1. The number of carboxylic acid groups (broad SMARTS) is 2. The van der Waals surface area contributed by atoms with Crippen LogP contribution in [0.4, 0.5) is 5.13 Å². The summed E-state index contributed by atoms with van der Waals surface area (Å²) in [6, 6.07) is 26.7. The van der Waals surface area contributed by atoms with Gasteiger partial charge in [-0.25, -0.2) is 4.98 Å². The van der Waals surface area contributed by atoms with E-state index in [4.69, 9.17) is 9.84 Å². The Hall–Kier alpha value is -4.50. The summed E-state index contributed by atoms with van der Waals surface area (Å²) in [6.45, 7) is -0.0872. The summed E-state index contributed by atoms with van der Waals surface area (Å²) in [5.41, 5.74) is 3.33. The molecule has 0 bridgehead atoms. The van der Waals surface area contributed by atoms with E-state index in [1.54, 1.807) is 29.6 Å². The van der Waals surface area contributed by atoms with Crippen LogP contribution in [0.25, 0.3) is 11.1 Å². The number of carbonyl (C=O) groups is 3. The summed E-state index contributed by atoms with van der Waals surface area (Å²) in [7, 11) is 0. The van der Waals surface area contributed by atoms with Gasteiger partial charge in [-0.1, -0.05) is 72.8 Å². The number of ether oxygens (including phenoxy) is 1. The number of aromatic nitrogens is 1. The second-order valence-electron chi connectivity index (χ2n) is 9.06. The zero-order valence-electron chi connectivity index (χ0n) is 21.0. The molecular weight excluding hydrogens is 516 g/mol. The number of hydrogen-bond acceptors (Lipinski definition) is 6. The summed E-state index contributed by atoms with van der Waals surface area (Å²) >= 11 is 1.13. The van der Waals surface area contributed by atoms with E-state index >= 15 is 0 Å². The lowest BCUT2D eigenvalue weighted by Gasteiger charge is -2.21. The number of para-hydroxylation sites is 1. The summed E-state index contributed by atoms with van der Waals surface area (Å²) in [5.74, 6) is -3.53. The molecule has 0 saturated heterocycles. The molecule has 0 saturated carbocycles. The zero-order chi connectivity index (χ0) is 27.6. The molecule has 0 radical (unpaired) electrons. The van der Waals surface area contributed by atoms with Gasteiger partial charge in [-0.15, -0.1) is 11.3 Å². The van der Waals surface area contributed by atoms with Crippen LogP contribution in [0.15, 0.2) is 90.3 Å². The molecule has 2 atom stereocenters. The third-order valence-electron chi connectivity index (χ3n) is 6.14. The minimum Gasteiger partial charge on any atom is -0.493 e. The van der Waals surface area contributed by atoms with Crippen LogP contribution in [0.2, 0.25) is 0 Å². The average Bonchev–Trinajstić information content (AvgIpc) is 3.37. The largest absolute Gasteiger partial charge is 0.493 e. The molecule has 4 aromatic rings. The maximum atomic E-state index is 13.4. The fourth-order valence-electron chi connectivity index (χ4n) is 4.14. The number of nitrogens with zero attached hydrogens (tertiary/aromatic N) is 1. The molecule has 1 aromatic heterocycles. The highest BCUT2D eigenvalue weighted by molar-refractivity contribution is 7.13. The van der Waals surface area contributed by atoms with Crippen LogP contribution in [0.3, 0.4) is 0 Å². The highest BCUT2D eigenvalue weighted by Gasteiger charge is 2.29. The van der Waals surface area contributed by atoms with Gasteiger partial charge in [0.1, 0.15) is 12.4 Å². The molecule has 0 fully saturated rings. The van der Waals surface area contributed by atoms with Crippen LogP contribution in [0, 0.1) is 11.8 Å². The Bertz CT molecular complexity index is 1390. The second-order valence-corrected chi connectivity index (χ2v) is 9.92. The molecule has 3 N–H and O–H groups in total. The number of anilines is 1. The molecule has 4 rings (SSSR count). The lowest BCUT2D eigenvalue weighted by Crippen LogP contribution is -2.31. The van der Waals surface area contributed by atoms with Gasteiger partial charge in [0, 0.05) is 11.3 Å². The highest BCUT2D eigenvalue weighted by Crippen LogP contribution is 2.25. The Balaban J connectivity index is 1.51. The first-order chi connectivity index (χ1) is 18.9. The fourth-order valence-corrected chi connectivity index (χ4v) is 4.85. The molecule has 3 aromatic carbocycles. The van der Waals surface area contributed by atoms with E-state index < -0.39 is 23.8 Å². The highest BCUT2D eigenvalue weighted by atomic mass is 32.1. The molecule has 0 aliphatic rings. The average molecular weight is 545 g/mol. The molecule has 1 amide bonds. The third-order valence-corrected chi connectivity index (χ3v) is 6.95. The van der Waals surface area contributed by atoms with Crippen molar-refractivity contribution in [2.24, 2.45) is 11.8 Å². The van der Waals surface area contributed by atoms with Crippen molar-refractivity contribution in [3.63, 3.8) is 0 Å². The zero-order valence-corrected chi connectivity index (χ0v) is 21.8. The standard InChI is InChI=1S/C30H28N2O6S/c33-27(34)17-25-19-39-30(31-25)32-28(35)23(16-24(29(36)37)18-38-26-9-5-2-6-10-26)15-20-11-13-22(14-12-20)21-7-3-1-4-8-21/h1-14,19,23-24H,15-18H2,(H,33,34)(H,36,37)(H,31,32,35)/t23-,24-/m1/s1. The summed E-state index contributed by atoms with van der Waals surface area (Å²) in [4.78, 5) is 40.7. The predicted molar refractivity (Wildman–Crippen MR) is 149 cm³/mol. The van der Waals surface area contributed by atoms with E-state index in [-0.39, 0.29) is 30.5 Å². The van der Waals surface area contributed by atoms with Gasteiger partial charge in [-0.3, -0.25) is 14.4 Å². The molecule has 0 spiro atoms. The first-order valence-corrected chi connectivity index (χ1v) is 13.3. The molecule has 0 aliphatic carbocycles. The molecule has 0 aliphatic heterocycles. The maximum Gasteiger partial charge on any atom is 0.309 e. The van der Waals surface area contributed by atoms with Crippen molar-refractivity contribution in [3.05, 3.63) is 102 Å². The predicted octanol–water partition coefficient (Wildman–Crippen LogP) is 5.40. The van der Waals surface area contributed by atoms with Crippen molar-refractivity contribution < 1.29 is 29.3 Å². The molecular formula is C30H28N2O6S. The Kier molecular flexibility index (Phi) is 9.42. The van der Waals surface area contributed by atoms with Crippen molar-refractivity contribution in [2.75, 3.05) is 11.9 Å². The minimum atomic E-state index is -1.05. The maximum absolute atomic E-state index is 13.4. The van der Waals surface area contributed by atoms with Crippen LogP contribution < -0.4 is 10.1 Å². The van der Waals surface area contributed by atoms with E-state index in [9.17, 15) is 19.5 Å². The first-order valence-electron chi connectivity index (χ1n) is 12.4. The number of amides is 1. The van der Waals surface area contributed by atoms with Gasteiger partial charge >= 0.3 is 11.9 Å². The summed E-state index contributed by atoms with van der Waals surface area (Å²) in [5, 5.41) is 23.5. The molecule has 1 heterocycles. The SMILES string of the molecule is O=C(O)Cc1csc(NC(=O)[C@H](Cc2ccc(-c3ccccc3)cc2)C[C@H](COc2ccccc2)C(=O)O)n1. The number of hydrogen-bond donors (Lipinski definition) is 3. The number of aliphatic carboxylic acids is 2. The number of benzene rings is 3. The van der Waals surface area contributed by atoms with Crippen LogP contribution in [-0.2, 0) is 27.2 Å². The van der Waals surface area contributed by atoms with Crippen molar-refractivity contribution in [1.29, 1.82) is 0 Å². The van der Waals surface area contributed by atoms with Crippen molar-refractivity contribution in [3.8, 4) is 16.9 Å². The van der Waals surface area contributed by atoms with Crippen molar-refractivity contribution in [2.45, 2.75) is 19.3 Å². The second kappa shape index (κ2) is 13.3. The van der Waals surface area contributed by atoms with Gasteiger partial charge in [0.2, 0.25) is 5.91 Å². The lowest BCUT2D eigenvalue weighted by molar-refractivity contribution is -0.143. The van der Waals surface area contributed by atoms with Crippen molar-refractivity contribution in [1.82, 2.24) is 4.98 Å². The molecule has 200 valence electrons. The Labute approximate surface area is 229 Å². The van der Waals surface area contributed by atoms with E-state index in [2.05, 4.69) is 10.3 Å². The number of carbonyl (C=O) groups excluding carboxylic acids is 1. The smallest absolute Gasteiger partial charge is 0.309 e. The topological polar surface area (TPSA) is 126 Å².